The third-order valence-corrected chi connectivity index (χ3v) is 1.03. The van der Waals surface area contributed by atoms with E-state index in [0.29, 0.717) is 6.61 Å². The lowest BCUT2D eigenvalue weighted by Crippen LogP contribution is -2.16. The molecule has 72 valence electrons. The van der Waals surface area contributed by atoms with Gasteiger partial charge in [-0.3, -0.25) is 0 Å². The maximum absolute atomic E-state index is 9.60. The van der Waals surface area contributed by atoms with E-state index in [2.05, 4.69) is 10.5 Å². The maximum Gasteiger partial charge on any atom is 0.404 e. The molecule has 1 amide bonds. The highest BCUT2D eigenvalue weighted by atomic mass is 16.6. The maximum atomic E-state index is 9.60. The number of hydrogen-bond donors (Lipinski definition) is 1. The lowest BCUT2D eigenvalue weighted by atomic mass is 10.6. The Morgan fingerprint density at radius 2 is 1.75 bits per heavy atom. The Labute approximate surface area is 71.8 Å². The van der Waals surface area contributed by atoms with Crippen LogP contribution in [0.1, 0.15) is 6.92 Å². The van der Waals surface area contributed by atoms with Gasteiger partial charge in [0, 0.05) is 0 Å². The highest BCUT2D eigenvalue weighted by Crippen LogP contribution is 1.85. The Balaban J connectivity index is 0.000000202. The molecule has 1 aliphatic heterocycles. The average Bonchev–Trinajstić information content (AvgIpc) is 2.08. The van der Waals surface area contributed by atoms with Gasteiger partial charge in [-0.05, 0) is 6.92 Å². The molecule has 0 aliphatic carbocycles. The molecule has 12 heavy (non-hydrogen) atoms. The standard InChI is InChI=1S/C4H8O2.C3H7NO2/c1-2-6-4-3-5-1;1-2-6-3(4)5/h1-4H2;2H2,1H3,(H2,4,5). The van der Waals surface area contributed by atoms with Gasteiger partial charge in [-0.15, -0.1) is 0 Å². The number of ether oxygens (including phenoxy) is 3. The van der Waals surface area contributed by atoms with E-state index in [1.54, 1.807) is 6.92 Å². The van der Waals surface area contributed by atoms with Crippen molar-refractivity contribution in [3.05, 3.63) is 0 Å². The van der Waals surface area contributed by atoms with E-state index in [1.165, 1.54) is 0 Å². The summed E-state index contributed by atoms with van der Waals surface area (Å²) in [5.41, 5.74) is 4.54. The van der Waals surface area contributed by atoms with Crippen LogP contribution in [0, 0.1) is 0 Å². The first-order valence-electron chi connectivity index (χ1n) is 3.85. The predicted molar refractivity (Wildman–Crippen MR) is 42.8 cm³/mol. The van der Waals surface area contributed by atoms with Gasteiger partial charge in [-0.25, -0.2) is 4.79 Å². The minimum atomic E-state index is -0.711. The molecule has 1 heterocycles. The molecule has 0 saturated carbocycles. The second kappa shape index (κ2) is 8.29. The quantitative estimate of drug-likeness (QED) is 0.618. The molecule has 0 radical (unpaired) electrons. The van der Waals surface area contributed by atoms with E-state index in [9.17, 15) is 4.79 Å². The van der Waals surface area contributed by atoms with E-state index in [1.807, 2.05) is 0 Å². The van der Waals surface area contributed by atoms with Crippen molar-refractivity contribution in [2.24, 2.45) is 5.73 Å². The van der Waals surface area contributed by atoms with Crippen molar-refractivity contribution < 1.29 is 19.0 Å². The van der Waals surface area contributed by atoms with Gasteiger partial charge in [0.05, 0.1) is 33.0 Å². The highest BCUT2D eigenvalue weighted by molar-refractivity contribution is 5.64. The smallest absolute Gasteiger partial charge is 0.404 e. The summed E-state index contributed by atoms with van der Waals surface area (Å²) in [6.07, 6.45) is -0.711. The number of primary amides is 1. The van der Waals surface area contributed by atoms with E-state index in [4.69, 9.17) is 9.47 Å². The van der Waals surface area contributed by atoms with E-state index >= 15 is 0 Å². The molecule has 0 spiro atoms. The van der Waals surface area contributed by atoms with Crippen LogP contribution in [0.2, 0.25) is 0 Å². The molecule has 1 rings (SSSR count). The molecule has 1 fully saturated rings. The van der Waals surface area contributed by atoms with Crippen LogP contribution in [-0.2, 0) is 14.2 Å². The van der Waals surface area contributed by atoms with Crippen molar-refractivity contribution in [2.45, 2.75) is 6.92 Å². The van der Waals surface area contributed by atoms with Crippen LogP contribution in [0.15, 0.2) is 0 Å². The molecule has 5 nitrogen and oxygen atoms in total. The normalized spacial score (nSPS) is 15.8. The molecule has 0 atom stereocenters. The number of nitrogens with two attached hydrogens (primary N) is 1. The number of carbonyl (C=O) groups is 1. The summed E-state index contributed by atoms with van der Waals surface area (Å²) >= 11 is 0. The molecule has 0 unspecified atom stereocenters. The first kappa shape index (κ1) is 11.2. The lowest BCUT2D eigenvalue weighted by molar-refractivity contribution is -0.0334. The molecule has 0 bridgehead atoms. The van der Waals surface area contributed by atoms with Crippen molar-refractivity contribution in [3.8, 4) is 0 Å². The molecule has 1 saturated heterocycles. The van der Waals surface area contributed by atoms with Crippen LogP contribution >= 0.6 is 0 Å². The molecular formula is C7H15NO4. The average molecular weight is 177 g/mol. The molecule has 1 aliphatic rings. The molecule has 0 aromatic carbocycles. The Bertz CT molecular complexity index is 102. The SMILES string of the molecule is C1COCCO1.CCOC(N)=O. The summed E-state index contributed by atoms with van der Waals surface area (Å²) in [6.45, 7) is 5.17. The van der Waals surface area contributed by atoms with Crippen LogP contribution in [-0.4, -0.2) is 39.1 Å². The predicted octanol–water partition coefficient (Wildman–Crippen LogP) is 0.135. The molecule has 5 heteroatoms. The number of amides is 1. The third-order valence-electron chi connectivity index (χ3n) is 1.03. The van der Waals surface area contributed by atoms with Gasteiger partial charge in [0.15, 0.2) is 0 Å². The van der Waals surface area contributed by atoms with Gasteiger partial charge in [-0.2, -0.15) is 0 Å². The first-order chi connectivity index (χ1) is 5.77. The van der Waals surface area contributed by atoms with Gasteiger partial charge in [-0.1, -0.05) is 0 Å². The van der Waals surface area contributed by atoms with E-state index in [0.717, 1.165) is 26.4 Å². The van der Waals surface area contributed by atoms with Gasteiger partial charge in [0.2, 0.25) is 0 Å². The summed E-state index contributed by atoms with van der Waals surface area (Å²) < 4.78 is 14.1. The Morgan fingerprint density at radius 3 is 1.83 bits per heavy atom. The fraction of sp³-hybridized carbons (Fsp3) is 0.857. The molecule has 0 aromatic heterocycles. The number of hydrogen-bond acceptors (Lipinski definition) is 4. The van der Waals surface area contributed by atoms with Crippen molar-refractivity contribution in [3.63, 3.8) is 0 Å². The fourth-order valence-electron chi connectivity index (χ4n) is 0.582. The monoisotopic (exact) mass is 177 g/mol. The van der Waals surface area contributed by atoms with Gasteiger partial charge in [0.25, 0.3) is 0 Å². The van der Waals surface area contributed by atoms with Crippen LogP contribution in [0.25, 0.3) is 0 Å². The number of rotatable bonds is 1. The Kier molecular flexibility index (Phi) is 7.73. The van der Waals surface area contributed by atoms with Gasteiger partial charge in [0.1, 0.15) is 0 Å². The summed E-state index contributed by atoms with van der Waals surface area (Å²) in [5, 5.41) is 0. The molecule has 0 aromatic rings. The lowest BCUT2D eigenvalue weighted by Gasteiger charge is -2.09. The Hall–Kier alpha value is -0.810. The minimum Gasteiger partial charge on any atom is -0.450 e. The minimum absolute atomic E-state index is 0.356. The van der Waals surface area contributed by atoms with Crippen LogP contribution < -0.4 is 5.73 Å². The highest BCUT2D eigenvalue weighted by Gasteiger charge is 1.94. The largest absolute Gasteiger partial charge is 0.450 e. The first-order valence-corrected chi connectivity index (χ1v) is 3.85. The topological polar surface area (TPSA) is 70.8 Å². The number of carbonyl (C=O) groups excluding carboxylic acids is 1. The zero-order valence-electron chi connectivity index (χ0n) is 7.25. The zero-order valence-corrected chi connectivity index (χ0v) is 7.25. The summed E-state index contributed by atoms with van der Waals surface area (Å²) in [4.78, 5) is 9.60. The summed E-state index contributed by atoms with van der Waals surface area (Å²) in [6, 6.07) is 0. The molecule has 2 N–H and O–H groups in total. The van der Waals surface area contributed by atoms with Crippen molar-refractivity contribution in [1.82, 2.24) is 0 Å². The van der Waals surface area contributed by atoms with Crippen LogP contribution in [0.5, 0.6) is 0 Å². The summed E-state index contributed by atoms with van der Waals surface area (Å²) in [7, 11) is 0. The summed E-state index contributed by atoms with van der Waals surface area (Å²) in [5.74, 6) is 0. The zero-order chi connectivity index (χ0) is 9.23. The van der Waals surface area contributed by atoms with Crippen LogP contribution in [0.4, 0.5) is 4.79 Å². The van der Waals surface area contributed by atoms with Crippen molar-refractivity contribution in [1.29, 1.82) is 0 Å². The van der Waals surface area contributed by atoms with Gasteiger partial charge >= 0.3 is 6.09 Å². The second-order valence-corrected chi connectivity index (χ2v) is 1.98. The fourth-order valence-corrected chi connectivity index (χ4v) is 0.582. The Morgan fingerprint density at radius 1 is 1.33 bits per heavy atom. The third kappa shape index (κ3) is 9.19. The molecular weight excluding hydrogens is 162 g/mol. The van der Waals surface area contributed by atoms with Crippen molar-refractivity contribution in [2.75, 3.05) is 33.0 Å². The van der Waals surface area contributed by atoms with E-state index in [-0.39, 0.29) is 0 Å². The van der Waals surface area contributed by atoms with Crippen molar-refractivity contribution >= 4 is 6.09 Å². The van der Waals surface area contributed by atoms with Gasteiger partial charge < -0.3 is 19.9 Å². The second-order valence-electron chi connectivity index (χ2n) is 1.98. The van der Waals surface area contributed by atoms with E-state index < -0.39 is 6.09 Å². The van der Waals surface area contributed by atoms with Crippen LogP contribution in [0.3, 0.4) is 0 Å².